The highest BCUT2D eigenvalue weighted by molar-refractivity contribution is 6.19. The molecule has 29 heavy (non-hydrogen) atoms. The molecule has 1 aliphatic rings. The van der Waals surface area contributed by atoms with Crippen LogP contribution in [0.25, 0.3) is 10.8 Å². The molecule has 0 bridgehead atoms. The first-order chi connectivity index (χ1) is 13.9. The predicted octanol–water partition coefficient (Wildman–Crippen LogP) is 4.23. The first-order valence-electron chi connectivity index (χ1n) is 9.36. The van der Waals surface area contributed by atoms with E-state index in [1.165, 1.54) is 4.90 Å². The third kappa shape index (κ3) is 3.21. The van der Waals surface area contributed by atoms with E-state index >= 15 is 0 Å². The van der Waals surface area contributed by atoms with Crippen molar-refractivity contribution in [3.05, 3.63) is 71.3 Å². The zero-order valence-corrected chi connectivity index (χ0v) is 17.0. The lowest BCUT2D eigenvalue weighted by Crippen LogP contribution is -2.30. The van der Waals surface area contributed by atoms with Gasteiger partial charge < -0.3 is 14.9 Å². The monoisotopic (exact) mass is 408 g/mol. The van der Waals surface area contributed by atoms with Crippen LogP contribution in [0.5, 0.6) is 5.75 Å². The van der Waals surface area contributed by atoms with Crippen molar-refractivity contribution in [2.45, 2.75) is 5.92 Å². The van der Waals surface area contributed by atoms with E-state index in [2.05, 4.69) is 0 Å². The van der Waals surface area contributed by atoms with Crippen molar-refractivity contribution in [1.82, 2.24) is 4.90 Å². The molecular weight excluding hydrogens is 388 g/mol. The number of anilines is 1. The Balaban J connectivity index is 1.80. The molecule has 2 amide bonds. The Labute approximate surface area is 174 Å². The zero-order valence-electron chi connectivity index (χ0n) is 16.2. The molecule has 0 aromatic heterocycles. The molecule has 5 nitrogen and oxygen atoms in total. The maximum atomic E-state index is 13.3. The van der Waals surface area contributed by atoms with Crippen LogP contribution in [0, 0.1) is 0 Å². The van der Waals surface area contributed by atoms with Crippen molar-refractivity contribution < 1.29 is 14.7 Å². The molecule has 1 heterocycles. The number of fused-ring (bicyclic) bond motifs is 3. The molecule has 3 aromatic carbocycles. The second-order valence-corrected chi connectivity index (χ2v) is 7.73. The summed E-state index contributed by atoms with van der Waals surface area (Å²) in [6, 6.07) is 15.9. The van der Waals surface area contributed by atoms with Gasteiger partial charge in [-0.2, -0.15) is 0 Å². The fourth-order valence-corrected chi connectivity index (χ4v) is 4.20. The maximum absolute atomic E-state index is 13.3. The molecule has 0 saturated heterocycles. The summed E-state index contributed by atoms with van der Waals surface area (Å²) in [4.78, 5) is 28.7. The van der Waals surface area contributed by atoms with Crippen LogP contribution in [0.2, 0.25) is 0 Å². The van der Waals surface area contributed by atoms with Gasteiger partial charge in [0.2, 0.25) is 0 Å². The molecule has 6 heteroatoms. The molecule has 3 aromatic rings. The standard InChI is InChI=1S/C23H21ClN2O3/c1-25(2)22(28)14-6-5-7-15(10-14)23(29)26-13-16(12-24)21-18-9-4-3-8-17(18)20(27)11-19(21)26/h3-11,16,27H,12-13H2,1-2H3. The molecule has 1 unspecified atom stereocenters. The van der Waals surface area contributed by atoms with Gasteiger partial charge in [0.05, 0.1) is 5.69 Å². The largest absolute Gasteiger partial charge is 0.507 e. The molecule has 1 atom stereocenters. The number of carbonyl (C=O) groups excluding carboxylic acids is 2. The summed E-state index contributed by atoms with van der Waals surface area (Å²) in [6.07, 6.45) is 0. The summed E-state index contributed by atoms with van der Waals surface area (Å²) in [5, 5.41) is 12.2. The smallest absolute Gasteiger partial charge is 0.258 e. The van der Waals surface area contributed by atoms with E-state index in [1.54, 1.807) is 49.3 Å². The number of amides is 2. The highest BCUT2D eigenvalue weighted by Crippen LogP contribution is 2.45. The van der Waals surface area contributed by atoms with Gasteiger partial charge in [0.1, 0.15) is 5.75 Å². The molecule has 4 rings (SSSR count). The van der Waals surface area contributed by atoms with Crippen LogP contribution in [0.1, 0.15) is 32.2 Å². The van der Waals surface area contributed by atoms with Crippen molar-refractivity contribution in [3.63, 3.8) is 0 Å². The second kappa shape index (κ2) is 7.41. The Hall–Kier alpha value is -3.05. The van der Waals surface area contributed by atoms with Crippen molar-refractivity contribution >= 4 is 39.9 Å². The van der Waals surface area contributed by atoms with E-state index in [4.69, 9.17) is 11.6 Å². The first-order valence-corrected chi connectivity index (χ1v) is 9.90. The van der Waals surface area contributed by atoms with Crippen LogP contribution in [0.3, 0.4) is 0 Å². The molecule has 0 saturated carbocycles. The minimum atomic E-state index is -0.220. The van der Waals surface area contributed by atoms with E-state index in [9.17, 15) is 14.7 Å². The molecule has 0 aliphatic carbocycles. The van der Waals surface area contributed by atoms with Crippen LogP contribution in [-0.2, 0) is 0 Å². The van der Waals surface area contributed by atoms with E-state index in [-0.39, 0.29) is 23.5 Å². The van der Waals surface area contributed by atoms with Gasteiger partial charge in [-0.05, 0) is 29.1 Å². The van der Waals surface area contributed by atoms with Gasteiger partial charge in [-0.15, -0.1) is 11.6 Å². The summed E-state index contributed by atoms with van der Waals surface area (Å²) < 4.78 is 0. The van der Waals surface area contributed by atoms with E-state index < -0.39 is 0 Å². The summed E-state index contributed by atoms with van der Waals surface area (Å²) in [5.74, 6) is 0.0763. The lowest BCUT2D eigenvalue weighted by molar-refractivity contribution is 0.0827. The summed E-state index contributed by atoms with van der Waals surface area (Å²) in [5.41, 5.74) is 2.52. The van der Waals surface area contributed by atoms with Gasteiger partial charge in [0.25, 0.3) is 11.8 Å². The lowest BCUT2D eigenvalue weighted by Gasteiger charge is -2.19. The number of aromatic hydroxyl groups is 1. The highest BCUT2D eigenvalue weighted by atomic mass is 35.5. The van der Waals surface area contributed by atoms with Gasteiger partial charge >= 0.3 is 0 Å². The number of nitrogens with zero attached hydrogens (tertiary/aromatic N) is 2. The summed E-state index contributed by atoms with van der Waals surface area (Å²) in [6.45, 7) is 0.428. The van der Waals surface area contributed by atoms with E-state index in [1.807, 2.05) is 24.3 Å². The average Bonchev–Trinajstić information content (AvgIpc) is 3.11. The van der Waals surface area contributed by atoms with E-state index in [0.29, 0.717) is 29.2 Å². The van der Waals surface area contributed by atoms with Gasteiger partial charge in [-0.1, -0.05) is 30.3 Å². The molecule has 1 aliphatic heterocycles. The Bertz CT molecular complexity index is 1130. The molecular formula is C23H21ClN2O3. The number of hydrogen-bond acceptors (Lipinski definition) is 3. The topological polar surface area (TPSA) is 60.9 Å². The van der Waals surface area contributed by atoms with Gasteiger partial charge in [-0.25, -0.2) is 0 Å². The number of rotatable bonds is 3. The maximum Gasteiger partial charge on any atom is 0.258 e. The number of halogens is 1. The minimum Gasteiger partial charge on any atom is -0.507 e. The normalized spacial score (nSPS) is 15.4. The zero-order chi connectivity index (χ0) is 20.7. The van der Waals surface area contributed by atoms with Crippen LogP contribution in [0.4, 0.5) is 5.69 Å². The summed E-state index contributed by atoms with van der Waals surface area (Å²) in [7, 11) is 3.35. The Morgan fingerprint density at radius 1 is 1.07 bits per heavy atom. The Morgan fingerprint density at radius 2 is 1.76 bits per heavy atom. The molecule has 0 radical (unpaired) electrons. The van der Waals surface area contributed by atoms with Crippen molar-refractivity contribution in [1.29, 1.82) is 0 Å². The van der Waals surface area contributed by atoms with Crippen LogP contribution >= 0.6 is 11.6 Å². The number of alkyl halides is 1. The van der Waals surface area contributed by atoms with Gasteiger partial charge in [0.15, 0.2) is 0 Å². The number of phenols is 1. The van der Waals surface area contributed by atoms with Gasteiger partial charge in [-0.3, -0.25) is 9.59 Å². The number of hydrogen-bond donors (Lipinski definition) is 1. The lowest BCUT2D eigenvalue weighted by atomic mass is 9.95. The van der Waals surface area contributed by atoms with Gasteiger partial charge in [0, 0.05) is 55.0 Å². The first kappa shape index (κ1) is 19.3. The third-order valence-electron chi connectivity index (χ3n) is 5.34. The summed E-state index contributed by atoms with van der Waals surface area (Å²) >= 11 is 6.24. The van der Waals surface area contributed by atoms with Crippen LogP contribution in [-0.4, -0.2) is 48.3 Å². The van der Waals surface area contributed by atoms with Crippen LogP contribution in [0.15, 0.2) is 54.6 Å². The predicted molar refractivity (Wildman–Crippen MR) is 115 cm³/mol. The number of benzene rings is 3. The Kier molecular flexibility index (Phi) is 4.92. The van der Waals surface area contributed by atoms with E-state index in [0.717, 1.165) is 16.3 Å². The van der Waals surface area contributed by atoms with Crippen molar-refractivity contribution in [2.75, 3.05) is 31.4 Å². The fraction of sp³-hybridized carbons (Fsp3) is 0.217. The highest BCUT2D eigenvalue weighted by Gasteiger charge is 2.35. The SMILES string of the molecule is CN(C)C(=O)c1cccc(C(=O)N2CC(CCl)c3c2cc(O)c2ccccc32)c1. The minimum absolute atomic E-state index is 0.0345. The van der Waals surface area contributed by atoms with Crippen molar-refractivity contribution in [2.24, 2.45) is 0 Å². The van der Waals surface area contributed by atoms with Crippen molar-refractivity contribution in [3.8, 4) is 5.75 Å². The number of phenolic OH excluding ortho intramolecular Hbond substituents is 1. The van der Waals surface area contributed by atoms with Crippen LogP contribution < -0.4 is 4.90 Å². The Morgan fingerprint density at radius 3 is 2.45 bits per heavy atom. The third-order valence-corrected chi connectivity index (χ3v) is 5.71. The average molecular weight is 409 g/mol. The molecule has 0 spiro atoms. The molecule has 1 N–H and O–H groups in total. The quantitative estimate of drug-likeness (QED) is 0.660. The fourth-order valence-electron chi connectivity index (χ4n) is 3.94. The molecule has 148 valence electrons. The second-order valence-electron chi connectivity index (χ2n) is 7.42. The number of carbonyl (C=O) groups is 2. The molecule has 0 fully saturated rings.